The SMILES string of the molecule is CCNC(=NCCSC)NCCNC(=O)C(C)C. The Bertz CT molecular complexity index is 256. The van der Waals surface area contributed by atoms with E-state index in [1.807, 2.05) is 20.8 Å². The molecule has 1 amide bonds. The summed E-state index contributed by atoms with van der Waals surface area (Å²) in [5.74, 6) is 1.95. The Labute approximate surface area is 115 Å². The van der Waals surface area contributed by atoms with Crippen LogP contribution in [0.15, 0.2) is 4.99 Å². The van der Waals surface area contributed by atoms with Gasteiger partial charge in [0.25, 0.3) is 0 Å². The van der Waals surface area contributed by atoms with Gasteiger partial charge >= 0.3 is 0 Å². The fourth-order valence-corrected chi connectivity index (χ4v) is 1.44. The molecule has 18 heavy (non-hydrogen) atoms. The topological polar surface area (TPSA) is 65.5 Å². The molecule has 0 aliphatic rings. The highest BCUT2D eigenvalue weighted by Gasteiger charge is 2.04. The quantitative estimate of drug-likeness (QED) is 0.346. The van der Waals surface area contributed by atoms with Crippen LogP contribution in [0.25, 0.3) is 0 Å². The number of aliphatic imine (C=N–C) groups is 1. The Hall–Kier alpha value is -0.910. The van der Waals surface area contributed by atoms with Gasteiger partial charge in [-0.3, -0.25) is 9.79 Å². The van der Waals surface area contributed by atoms with Crippen molar-refractivity contribution < 1.29 is 4.79 Å². The zero-order chi connectivity index (χ0) is 13.8. The zero-order valence-electron chi connectivity index (χ0n) is 11.9. The van der Waals surface area contributed by atoms with Gasteiger partial charge in [0.1, 0.15) is 0 Å². The number of thioether (sulfide) groups is 1. The summed E-state index contributed by atoms with van der Waals surface area (Å²) in [7, 11) is 0. The number of nitrogens with one attached hydrogen (secondary N) is 3. The molecule has 0 aromatic heterocycles. The molecule has 6 heteroatoms. The summed E-state index contributed by atoms with van der Waals surface area (Å²) in [5.41, 5.74) is 0. The second-order valence-electron chi connectivity index (χ2n) is 4.13. The van der Waals surface area contributed by atoms with Gasteiger partial charge in [-0.2, -0.15) is 11.8 Å². The summed E-state index contributed by atoms with van der Waals surface area (Å²) < 4.78 is 0. The zero-order valence-corrected chi connectivity index (χ0v) is 12.7. The van der Waals surface area contributed by atoms with Gasteiger partial charge < -0.3 is 16.0 Å². The maximum Gasteiger partial charge on any atom is 0.222 e. The van der Waals surface area contributed by atoms with Gasteiger partial charge in [0.2, 0.25) is 5.91 Å². The first-order valence-electron chi connectivity index (χ1n) is 6.40. The van der Waals surface area contributed by atoms with Crippen LogP contribution in [0.3, 0.4) is 0 Å². The van der Waals surface area contributed by atoms with Crippen LogP contribution in [0, 0.1) is 5.92 Å². The fraction of sp³-hybridized carbons (Fsp3) is 0.833. The van der Waals surface area contributed by atoms with E-state index in [0.29, 0.717) is 13.1 Å². The summed E-state index contributed by atoms with van der Waals surface area (Å²) in [6, 6.07) is 0. The molecule has 0 saturated carbocycles. The predicted octanol–water partition coefficient (Wildman–Crippen LogP) is 0.677. The summed E-state index contributed by atoms with van der Waals surface area (Å²) in [5, 5.41) is 9.22. The number of guanidine groups is 1. The van der Waals surface area contributed by atoms with E-state index in [1.165, 1.54) is 0 Å². The highest BCUT2D eigenvalue weighted by Crippen LogP contribution is 1.90. The molecule has 0 atom stereocenters. The third-order valence-electron chi connectivity index (χ3n) is 2.15. The highest BCUT2D eigenvalue weighted by molar-refractivity contribution is 7.98. The molecule has 0 bridgehead atoms. The molecule has 0 aromatic rings. The second-order valence-corrected chi connectivity index (χ2v) is 5.11. The molecular weight excluding hydrogens is 248 g/mol. The van der Waals surface area contributed by atoms with Gasteiger partial charge in [0, 0.05) is 31.3 Å². The first-order chi connectivity index (χ1) is 8.61. The molecular formula is C12H26N4OS. The maximum atomic E-state index is 11.3. The Kier molecular flexibility index (Phi) is 10.6. The molecule has 3 N–H and O–H groups in total. The number of nitrogens with zero attached hydrogens (tertiary/aromatic N) is 1. The van der Waals surface area contributed by atoms with Gasteiger partial charge in [-0.05, 0) is 13.2 Å². The monoisotopic (exact) mass is 274 g/mol. The number of carbonyl (C=O) groups is 1. The van der Waals surface area contributed by atoms with Crippen molar-refractivity contribution in [2.24, 2.45) is 10.9 Å². The molecule has 0 saturated heterocycles. The van der Waals surface area contributed by atoms with E-state index in [1.54, 1.807) is 11.8 Å². The van der Waals surface area contributed by atoms with Crippen LogP contribution in [-0.2, 0) is 4.79 Å². The van der Waals surface area contributed by atoms with Crippen molar-refractivity contribution in [3.63, 3.8) is 0 Å². The standard InChI is InChI=1S/C12H26N4OS/c1-5-13-12(16-8-9-18-4)15-7-6-14-11(17)10(2)3/h10H,5-9H2,1-4H3,(H,14,17)(H2,13,15,16). The van der Waals surface area contributed by atoms with Crippen LogP contribution in [0.4, 0.5) is 0 Å². The first-order valence-corrected chi connectivity index (χ1v) is 7.80. The van der Waals surface area contributed by atoms with E-state index in [9.17, 15) is 4.79 Å². The summed E-state index contributed by atoms with van der Waals surface area (Å²) >= 11 is 1.78. The molecule has 0 fully saturated rings. The fourth-order valence-electron chi connectivity index (χ4n) is 1.16. The summed E-state index contributed by atoms with van der Waals surface area (Å²) in [6.45, 7) is 8.74. The van der Waals surface area contributed by atoms with Crippen molar-refractivity contribution in [2.45, 2.75) is 20.8 Å². The minimum absolute atomic E-state index is 0.0356. The molecule has 0 aliphatic heterocycles. The van der Waals surface area contributed by atoms with Crippen LogP contribution in [-0.4, -0.2) is 50.1 Å². The van der Waals surface area contributed by atoms with Crippen LogP contribution < -0.4 is 16.0 Å². The summed E-state index contributed by atoms with van der Waals surface area (Å²) in [6.07, 6.45) is 2.07. The lowest BCUT2D eigenvalue weighted by Gasteiger charge is -2.12. The lowest BCUT2D eigenvalue weighted by Crippen LogP contribution is -2.42. The molecule has 0 rings (SSSR count). The minimum atomic E-state index is 0.0356. The first kappa shape index (κ1) is 17.1. The molecule has 0 radical (unpaired) electrons. The average Bonchev–Trinajstić information content (AvgIpc) is 2.34. The summed E-state index contributed by atoms with van der Waals surface area (Å²) in [4.78, 5) is 15.8. The predicted molar refractivity (Wildman–Crippen MR) is 80.2 cm³/mol. The van der Waals surface area contributed by atoms with Crippen LogP contribution in [0.2, 0.25) is 0 Å². The van der Waals surface area contributed by atoms with E-state index in [-0.39, 0.29) is 11.8 Å². The molecule has 106 valence electrons. The largest absolute Gasteiger partial charge is 0.357 e. The van der Waals surface area contributed by atoms with Crippen LogP contribution in [0.5, 0.6) is 0 Å². The Morgan fingerprint density at radius 3 is 2.44 bits per heavy atom. The molecule has 0 spiro atoms. The smallest absolute Gasteiger partial charge is 0.222 e. The van der Waals surface area contributed by atoms with Crippen molar-refractivity contribution in [1.29, 1.82) is 0 Å². The molecule has 5 nitrogen and oxygen atoms in total. The van der Waals surface area contributed by atoms with E-state index < -0.39 is 0 Å². The Balaban J connectivity index is 3.82. The van der Waals surface area contributed by atoms with Gasteiger partial charge in [0.05, 0.1) is 6.54 Å². The number of hydrogen-bond acceptors (Lipinski definition) is 3. The molecule has 0 heterocycles. The highest BCUT2D eigenvalue weighted by atomic mass is 32.2. The second kappa shape index (κ2) is 11.2. The lowest BCUT2D eigenvalue weighted by molar-refractivity contribution is -0.123. The van der Waals surface area contributed by atoms with Gasteiger partial charge in [0.15, 0.2) is 5.96 Å². The van der Waals surface area contributed by atoms with Crippen molar-refractivity contribution in [1.82, 2.24) is 16.0 Å². The Morgan fingerprint density at radius 2 is 1.89 bits per heavy atom. The van der Waals surface area contributed by atoms with Crippen LogP contribution >= 0.6 is 11.8 Å². The average molecular weight is 274 g/mol. The van der Waals surface area contributed by atoms with E-state index >= 15 is 0 Å². The van der Waals surface area contributed by atoms with Crippen molar-refractivity contribution >= 4 is 23.6 Å². The maximum absolute atomic E-state index is 11.3. The van der Waals surface area contributed by atoms with Gasteiger partial charge in [-0.25, -0.2) is 0 Å². The third kappa shape index (κ3) is 9.15. The lowest BCUT2D eigenvalue weighted by atomic mass is 10.2. The van der Waals surface area contributed by atoms with Gasteiger partial charge in [-0.15, -0.1) is 0 Å². The molecule has 0 unspecified atom stereocenters. The van der Waals surface area contributed by atoms with E-state index in [0.717, 1.165) is 24.8 Å². The van der Waals surface area contributed by atoms with Gasteiger partial charge in [-0.1, -0.05) is 13.8 Å². The van der Waals surface area contributed by atoms with E-state index in [2.05, 4.69) is 27.2 Å². The number of rotatable bonds is 8. The minimum Gasteiger partial charge on any atom is -0.357 e. The Morgan fingerprint density at radius 1 is 1.22 bits per heavy atom. The normalized spacial score (nSPS) is 11.5. The van der Waals surface area contributed by atoms with Crippen LogP contribution in [0.1, 0.15) is 20.8 Å². The third-order valence-corrected chi connectivity index (χ3v) is 2.74. The van der Waals surface area contributed by atoms with E-state index in [4.69, 9.17) is 0 Å². The molecule has 0 aliphatic carbocycles. The van der Waals surface area contributed by atoms with Crippen molar-refractivity contribution in [3.8, 4) is 0 Å². The van der Waals surface area contributed by atoms with Crippen molar-refractivity contribution in [2.75, 3.05) is 38.2 Å². The van der Waals surface area contributed by atoms with Crippen molar-refractivity contribution in [3.05, 3.63) is 0 Å². The number of hydrogen-bond donors (Lipinski definition) is 3. The number of amides is 1. The molecule has 0 aromatic carbocycles. The number of carbonyl (C=O) groups excluding carboxylic acids is 1.